The zero-order valence-electron chi connectivity index (χ0n) is 11.1. The molecule has 100 valence electrons. The lowest BCUT2D eigenvalue weighted by atomic mass is 10.1. The van der Waals surface area contributed by atoms with Crippen LogP contribution in [-0.4, -0.2) is 31.0 Å². The summed E-state index contributed by atoms with van der Waals surface area (Å²) < 4.78 is 0. The van der Waals surface area contributed by atoms with E-state index in [-0.39, 0.29) is 0 Å². The fourth-order valence-corrected chi connectivity index (χ4v) is 2.29. The lowest BCUT2D eigenvalue weighted by Gasteiger charge is -2.27. The second-order valence-corrected chi connectivity index (χ2v) is 5.36. The van der Waals surface area contributed by atoms with Crippen molar-refractivity contribution < 1.29 is 4.79 Å². The number of rotatable bonds is 6. The number of carbonyl (C=O) groups excluding carboxylic acids is 1. The minimum Gasteiger partial charge on any atom is -0.398 e. The van der Waals surface area contributed by atoms with Crippen molar-refractivity contribution in [1.29, 1.82) is 0 Å². The van der Waals surface area contributed by atoms with Crippen molar-refractivity contribution in [1.82, 2.24) is 0 Å². The lowest BCUT2D eigenvalue weighted by molar-refractivity contribution is 0.100. The van der Waals surface area contributed by atoms with Gasteiger partial charge in [-0.3, -0.25) is 4.79 Å². The number of benzene rings is 1. The Balaban J connectivity index is 2.89. The summed E-state index contributed by atoms with van der Waals surface area (Å²) in [4.78, 5) is 13.4. The normalized spacial score (nSPS) is 12.2. The van der Waals surface area contributed by atoms with E-state index in [9.17, 15) is 4.79 Å². The Labute approximate surface area is 113 Å². The third-order valence-corrected chi connectivity index (χ3v) is 3.75. The van der Waals surface area contributed by atoms with Crippen LogP contribution in [-0.2, 0) is 0 Å². The van der Waals surface area contributed by atoms with Crippen LogP contribution < -0.4 is 16.4 Å². The van der Waals surface area contributed by atoms with Gasteiger partial charge in [-0.05, 0) is 43.6 Å². The van der Waals surface area contributed by atoms with Crippen LogP contribution in [0.3, 0.4) is 0 Å². The third-order valence-electron chi connectivity index (χ3n) is 3.11. The summed E-state index contributed by atoms with van der Waals surface area (Å²) >= 11 is 1.83. The number of thioether (sulfide) groups is 1. The fourth-order valence-electron chi connectivity index (χ4n) is 1.71. The van der Waals surface area contributed by atoms with Crippen LogP contribution in [0.4, 0.5) is 11.4 Å². The second-order valence-electron chi connectivity index (χ2n) is 4.38. The molecule has 1 unspecified atom stereocenters. The van der Waals surface area contributed by atoms with Gasteiger partial charge < -0.3 is 16.4 Å². The summed E-state index contributed by atoms with van der Waals surface area (Å²) in [7, 11) is 2.02. The van der Waals surface area contributed by atoms with E-state index in [4.69, 9.17) is 11.5 Å². The van der Waals surface area contributed by atoms with Crippen LogP contribution in [0.1, 0.15) is 23.7 Å². The Bertz CT molecular complexity index is 423. The average Bonchev–Trinajstić information content (AvgIpc) is 2.35. The van der Waals surface area contributed by atoms with Gasteiger partial charge in [-0.2, -0.15) is 11.8 Å². The van der Waals surface area contributed by atoms with E-state index in [1.165, 1.54) is 0 Å². The fraction of sp³-hybridized carbons (Fsp3) is 0.462. The minimum atomic E-state index is -0.487. The van der Waals surface area contributed by atoms with Crippen LogP contribution >= 0.6 is 11.8 Å². The molecule has 0 aromatic heterocycles. The van der Waals surface area contributed by atoms with Gasteiger partial charge in [-0.15, -0.1) is 0 Å². The molecule has 0 heterocycles. The van der Waals surface area contributed by atoms with Gasteiger partial charge in [0.05, 0.1) is 5.56 Å². The largest absolute Gasteiger partial charge is 0.398 e. The number of hydrogen-bond donors (Lipinski definition) is 2. The summed E-state index contributed by atoms with van der Waals surface area (Å²) in [5, 5.41) is 0. The molecule has 1 rings (SSSR count). The Hall–Kier alpha value is -1.36. The quantitative estimate of drug-likeness (QED) is 0.773. The van der Waals surface area contributed by atoms with Gasteiger partial charge in [0.15, 0.2) is 0 Å². The van der Waals surface area contributed by atoms with Crippen molar-refractivity contribution in [2.24, 2.45) is 5.73 Å². The summed E-state index contributed by atoms with van der Waals surface area (Å²) in [6, 6.07) is 5.81. The molecule has 4 nitrogen and oxygen atoms in total. The number of primary amides is 1. The van der Waals surface area contributed by atoms with Gasteiger partial charge in [-0.1, -0.05) is 0 Å². The van der Waals surface area contributed by atoms with Gasteiger partial charge in [0.1, 0.15) is 0 Å². The topological polar surface area (TPSA) is 72.3 Å². The molecule has 0 aliphatic carbocycles. The van der Waals surface area contributed by atoms with Crippen molar-refractivity contribution >= 4 is 29.0 Å². The molecule has 1 aromatic rings. The van der Waals surface area contributed by atoms with E-state index in [2.05, 4.69) is 18.1 Å². The van der Waals surface area contributed by atoms with E-state index in [1.807, 2.05) is 24.9 Å². The van der Waals surface area contributed by atoms with Crippen LogP contribution in [0.25, 0.3) is 0 Å². The smallest absolute Gasteiger partial charge is 0.250 e. The van der Waals surface area contributed by atoms with E-state index in [1.54, 1.807) is 12.1 Å². The average molecular weight is 267 g/mol. The molecule has 18 heavy (non-hydrogen) atoms. The molecule has 1 amide bonds. The minimum absolute atomic E-state index is 0.386. The Morgan fingerprint density at radius 2 is 2.17 bits per heavy atom. The first kappa shape index (κ1) is 14.7. The number of nitrogens with zero attached hydrogens (tertiary/aromatic N) is 1. The number of nitrogen functional groups attached to an aromatic ring is 1. The second kappa shape index (κ2) is 6.54. The molecule has 0 radical (unpaired) electrons. The molecule has 4 N–H and O–H groups in total. The maximum atomic E-state index is 11.3. The first-order valence-electron chi connectivity index (χ1n) is 5.88. The van der Waals surface area contributed by atoms with Crippen LogP contribution in [0.2, 0.25) is 0 Å². The van der Waals surface area contributed by atoms with Gasteiger partial charge in [0.2, 0.25) is 0 Å². The molecule has 0 saturated carbocycles. The van der Waals surface area contributed by atoms with Crippen LogP contribution in [0.15, 0.2) is 18.2 Å². The summed E-state index contributed by atoms with van der Waals surface area (Å²) in [6.07, 6.45) is 3.19. The SMILES string of the molecule is CSCCC(C)N(C)c1ccc(N)c(C(N)=O)c1. The van der Waals surface area contributed by atoms with Gasteiger partial charge in [0, 0.05) is 24.5 Å². The Morgan fingerprint density at radius 3 is 2.72 bits per heavy atom. The van der Waals surface area contributed by atoms with Gasteiger partial charge in [-0.25, -0.2) is 0 Å². The highest BCUT2D eigenvalue weighted by Gasteiger charge is 2.13. The van der Waals surface area contributed by atoms with E-state index < -0.39 is 5.91 Å². The maximum Gasteiger partial charge on any atom is 0.250 e. The highest BCUT2D eigenvalue weighted by atomic mass is 32.2. The van der Waals surface area contributed by atoms with Gasteiger partial charge in [0.25, 0.3) is 5.91 Å². The maximum absolute atomic E-state index is 11.3. The predicted molar refractivity (Wildman–Crippen MR) is 80.2 cm³/mol. The van der Waals surface area contributed by atoms with Crippen LogP contribution in [0.5, 0.6) is 0 Å². The molecule has 1 aromatic carbocycles. The summed E-state index contributed by atoms with van der Waals surface area (Å²) in [6.45, 7) is 2.16. The molecule has 5 heteroatoms. The van der Waals surface area contributed by atoms with Crippen molar-refractivity contribution in [2.45, 2.75) is 19.4 Å². The molecule has 1 atom stereocenters. The molecule has 0 aliphatic heterocycles. The highest BCUT2D eigenvalue weighted by Crippen LogP contribution is 2.22. The summed E-state index contributed by atoms with van der Waals surface area (Å²) in [5.74, 6) is 0.628. The van der Waals surface area contributed by atoms with E-state index >= 15 is 0 Å². The first-order valence-corrected chi connectivity index (χ1v) is 7.27. The highest BCUT2D eigenvalue weighted by molar-refractivity contribution is 7.98. The molecular formula is C13H21N3OS. The molecular weight excluding hydrogens is 246 g/mol. The first-order chi connectivity index (χ1) is 8.47. The van der Waals surface area contributed by atoms with Crippen molar-refractivity contribution in [3.05, 3.63) is 23.8 Å². The van der Waals surface area contributed by atoms with Crippen LogP contribution in [0, 0.1) is 0 Å². The number of nitrogens with two attached hydrogens (primary N) is 2. The molecule has 0 saturated heterocycles. The van der Waals surface area contributed by atoms with E-state index in [0.29, 0.717) is 17.3 Å². The number of hydrogen-bond acceptors (Lipinski definition) is 4. The lowest BCUT2D eigenvalue weighted by Crippen LogP contribution is -2.29. The number of anilines is 2. The molecule has 0 fully saturated rings. The van der Waals surface area contributed by atoms with E-state index in [0.717, 1.165) is 17.9 Å². The number of carbonyl (C=O) groups is 1. The van der Waals surface area contributed by atoms with Gasteiger partial charge >= 0.3 is 0 Å². The molecule has 0 spiro atoms. The third kappa shape index (κ3) is 3.57. The zero-order chi connectivity index (χ0) is 13.7. The standard InChI is InChI=1S/C13H21N3OS/c1-9(6-7-18-3)16(2)10-4-5-12(14)11(8-10)13(15)17/h4-5,8-9H,6-7,14H2,1-3H3,(H2,15,17). The zero-order valence-corrected chi connectivity index (χ0v) is 12.0. The number of amides is 1. The molecule has 0 bridgehead atoms. The van der Waals surface area contributed by atoms with Crippen molar-refractivity contribution in [3.63, 3.8) is 0 Å². The monoisotopic (exact) mass is 267 g/mol. The predicted octanol–water partition coefficient (Wildman–Crippen LogP) is 1.95. The Morgan fingerprint density at radius 1 is 1.50 bits per heavy atom. The van der Waals surface area contributed by atoms with Crippen molar-refractivity contribution in [3.8, 4) is 0 Å². The van der Waals surface area contributed by atoms with Crippen molar-refractivity contribution in [2.75, 3.05) is 29.7 Å². The summed E-state index contributed by atoms with van der Waals surface area (Å²) in [5.41, 5.74) is 12.8. The Kier molecular flexibility index (Phi) is 5.34. The molecule has 0 aliphatic rings.